The fourth-order valence-corrected chi connectivity index (χ4v) is 1.32. The molecule has 0 bridgehead atoms. The van der Waals surface area contributed by atoms with Crippen LogP contribution >= 0.6 is 27.5 Å². The fraction of sp³-hybridized carbons (Fsp3) is 0.111. The van der Waals surface area contributed by atoms with E-state index in [1.807, 2.05) is 0 Å². The fourth-order valence-electron chi connectivity index (χ4n) is 0.846. The maximum Gasteiger partial charge on any atom is 0.125 e. The Balaban J connectivity index is 2.69. The van der Waals surface area contributed by atoms with Crippen molar-refractivity contribution in [2.24, 2.45) is 0 Å². The Morgan fingerprint density at radius 1 is 1.54 bits per heavy atom. The molecule has 1 rings (SSSR count). The van der Waals surface area contributed by atoms with E-state index < -0.39 is 0 Å². The summed E-state index contributed by atoms with van der Waals surface area (Å²) in [6.07, 6.45) is 1.74. The lowest BCUT2D eigenvalue weighted by Crippen LogP contribution is -1.98. The summed E-state index contributed by atoms with van der Waals surface area (Å²) in [5, 5.41) is 3.00. The Morgan fingerprint density at radius 3 is 3.00 bits per heavy atom. The van der Waals surface area contributed by atoms with Gasteiger partial charge in [-0.1, -0.05) is 17.7 Å². The van der Waals surface area contributed by atoms with Crippen molar-refractivity contribution in [1.29, 1.82) is 0 Å². The van der Waals surface area contributed by atoms with Gasteiger partial charge in [-0.15, -0.1) is 0 Å². The monoisotopic (exact) mass is 263 g/mol. The highest BCUT2D eigenvalue weighted by molar-refractivity contribution is 9.10. The molecule has 1 nitrogen and oxygen atoms in total. The summed E-state index contributed by atoms with van der Waals surface area (Å²) in [4.78, 5) is 0. The van der Waals surface area contributed by atoms with Gasteiger partial charge < -0.3 is 5.32 Å². The van der Waals surface area contributed by atoms with Crippen LogP contribution in [0.25, 0.3) is 0 Å². The van der Waals surface area contributed by atoms with Gasteiger partial charge in [-0.25, -0.2) is 4.39 Å². The van der Waals surface area contributed by atoms with Crippen LogP contribution in [-0.2, 0) is 0 Å². The van der Waals surface area contributed by atoms with Crippen molar-refractivity contribution >= 4 is 33.2 Å². The van der Waals surface area contributed by atoms with Gasteiger partial charge in [0.15, 0.2) is 0 Å². The predicted octanol–water partition coefficient (Wildman–Crippen LogP) is 3.75. The number of benzene rings is 1. The number of halogens is 3. The Kier molecular flexibility index (Phi) is 4.25. The molecular weight excluding hydrogens is 256 g/mol. The van der Waals surface area contributed by atoms with E-state index in [-0.39, 0.29) is 5.82 Å². The molecule has 13 heavy (non-hydrogen) atoms. The summed E-state index contributed by atoms with van der Waals surface area (Å²) >= 11 is 8.63. The Hall–Kier alpha value is -0.540. The second kappa shape index (κ2) is 5.25. The maximum absolute atomic E-state index is 12.8. The largest absolute Gasteiger partial charge is 0.381 e. The summed E-state index contributed by atoms with van der Waals surface area (Å²) in [5.74, 6) is -0.263. The van der Waals surface area contributed by atoms with Gasteiger partial charge in [0.25, 0.3) is 0 Å². The summed E-state index contributed by atoms with van der Waals surface area (Å²) in [6, 6.07) is 4.47. The topological polar surface area (TPSA) is 12.0 Å². The lowest BCUT2D eigenvalue weighted by molar-refractivity contribution is 0.628. The molecule has 0 atom stereocenters. The molecule has 4 heteroatoms. The first kappa shape index (κ1) is 10.5. The van der Waals surface area contributed by atoms with Crippen LogP contribution in [0.15, 0.2) is 34.3 Å². The molecule has 1 aromatic carbocycles. The van der Waals surface area contributed by atoms with Crippen LogP contribution in [0.4, 0.5) is 10.1 Å². The Morgan fingerprint density at radius 2 is 2.31 bits per heavy atom. The van der Waals surface area contributed by atoms with Crippen molar-refractivity contribution < 1.29 is 4.39 Å². The van der Waals surface area contributed by atoms with Crippen LogP contribution in [0.2, 0.25) is 0 Å². The predicted molar refractivity (Wildman–Crippen MR) is 57.6 cm³/mol. The smallest absolute Gasteiger partial charge is 0.125 e. The first-order valence-electron chi connectivity index (χ1n) is 3.68. The standard InChI is InChI=1S/C9H8BrClFN/c10-8-3-2-7(12)6-9(8)13-5-1-4-11/h1-4,6,13H,5H2/b4-1+. The number of hydrogen-bond acceptors (Lipinski definition) is 1. The van der Waals surface area contributed by atoms with Gasteiger partial charge in [0.2, 0.25) is 0 Å². The molecule has 0 fully saturated rings. The van der Waals surface area contributed by atoms with Crippen molar-refractivity contribution in [3.63, 3.8) is 0 Å². The van der Waals surface area contributed by atoms with Crippen molar-refractivity contribution in [1.82, 2.24) is 0 Å². The van der Waals surface area contributed by atoms with E-state index >= 15 is 0 Å². The minimum Gasteiger partial charge on any atom is -0.381 e. The molecule has 0 saturated carbocycles. The molecule has 0 amide bonds. The number of hydrogen-bond donors (Lipinski definition) is 1. The van der Waals surface area contributed by atoms with E-state index in [4.69, 9.17) is 11.6 Å². The summed E-state index contributed by atoms with van der Waals surface area (Å²) in [7, 11) is 0. The van der Waals surface area contributed by atoms with Crippen molar-refractivity contribution in [2.75, 3.05) is 11.9 Å². The minimum atomic E-state index is -0.263. The van der Waals surface area contributed by atoms with Gasteiger partial charge in [-0.2, -0.15) is 0 Å². The number of rotatable bonds is 3. The summed E-state index contributed by atoms with van der Waals surface area (Å²) in [5.41, 5.74) is 2.13. The van der Waals surface area contributed by atoms with E-state index in [9.17, 15) is 4.39 Å². The molecule has 0 heterocycles. The van der Waals surface area contributed by atoms with Gasteiger partial charge in [0.1, 0.15) is 5.82 Å². The molecule has 0 unspecified atom stereocenters. The third-order valence-corrected chi connectivity index (χ3v) is 2.30. The minimum absolute atomic E-state index is 0.263. The van der Waals surface area contributed by atoms with Crippen LogP contribution in [0.3, 0.4) is 0 Å². The number of nitrogens with one attached hydrogen (secondary N) is 1. The van der Waals surface area contributed by atoms with Gasteiger partial charge in [-0.05, 0) is 34.1 Å². The Bertz CT molecular complexity index is 314. The zero-order valence-electron chi connectivity index (χ0n) is 6.73. The third-order valence-electron chi connectivity index (χ3n) is 1.43. The molecular formula is C9H8BrClFN. The summed E-state index contributed by atoms with van der Waals surface area (Å²) in [6.45, 7) is 0.575. The first-order valence-corrected chi connectivity index (χ1v) is 4.91. The van der Waals surface area contributed by atoms with Crippen molar-refractivity contribution in [3.05, 3.63) is 40.1 Å². The second-order valence-electron chi connectivity index (χ2n) is 2.37. The lowest BCUT2D eigenvalue weighted by atomic mass is 10.3. The van der Waals surface area contributed by atoms with Crippen LogP contribution in [-0.4, -0.2) is 6.54 Å². The zero-order chi connectivity index (χ0) is 9.68. The highest BCUT2D eigenvalue weighted by Gasteiger charge is 1.98. The van der Waals surface area contributed by atoms with E-state index in [0.29, 0.717) is 6.54 Å². The SMILES string of the molecule is Fc1ccc(Br)c(NC/C=C/Cl)c1. The molecule has 1 N–H and O–H groups in total. The highest BCUT2D eigenvalue weighted by Crippen LogP contribution is 2.22. The second-order valence-corrected chi connectivity index (χ2v) is 3.47. The molecule has 0 spiro atoms. The molecule has 70 valence electrons. The molecule has 0 aliphatic heterocycles. The summed E-state index contributed by atoms with van der Waals surface area (Å²) < 4.78 is 13.6. The molecule has 0 radical (unpaired) electrons. The van der Waals surface area contributed by atoms with Crippen LogP contribution in [0, 0.1) is 5.82 Å². The highest BCUT2D eigenvalue weighted by atomic mass is 79.9. The first-order chi connectivity index (χ1) is 6.24. The van der Waals surface area contributed by atoms with Crippen LogP contribution in [0.5, 0.6) is 0 Å². The van der Waals surface area contributed by atoms with Crippen LogP contribution in [0.1, 0.15) is 0 Å². The van der Waals surface area contributed by atoms with Gasteiger partial charge >= 0.3 is 0 Å². The van der Waals surface area contributed by atoms with E-state index in [2.05, 4.69) is 21.2 Å². The van der Waals surface area contributed by atoms with Gasteiger partial charge in [0, 0.05) is 16.6 Å². The zero-order valence-corrected chi connectivity index (χ0v) is 9.07. The lowest BCUT2D eigenvalue weighted by Gasteiger charge is -2.05. The molecule has 0 saturated heterocycles. The van der Waals surface area contributed by atoms with Crippen molar-refractivity contribution in [3.8, 4) is 0 Å². The average molecular weight is 265 g/mol. The molecule has 0 aliphatic rings. The van der Waals surface area contributed by atoms with Gasteiger partial charge in [-0.3, -0.25) is 0 Å². The Labute approximate surface area is 89.7 Å². The van der Waals surface area contributed by atoms with E-state index in [0.717, 1.165) is 10.2 Å². The quantitative estimate of drug-likeness (QED) is 0.877. The average Bonchev–Trinajstić information content (AvgIpc) is 2.11. The maximum atomic E-state index is 12.8. The molecule has 1 aromatic rings. The van der Waals surface area contributed by atoms with E-state index in [1.165, 1.54) is 17.7 Å². The normalized spacial score (nSPS) is 10.7. The van der Waals surface area contributed by atoms with Crippen molar-refractivity contribution in [2.45, 2.75) is 0 Å². The molecule has 0 aliphatic carbocycles. The van der Waals surface area contributed by atoms with E-state index in [1.54, 1.807) is 12.1 Å². The third kappa shape index (κ3) is 3.36. The number of anilines is 1. The van der Waals surface area contributed by atoms with Crippen LogP contribution < -0.4 is 5.32 Å². The van der Waals surface area contributed by atoms with Gasteiger partial charge in [0.05, 0.1) is 5.69 Å². The molecule has 0 aromatic heterocycles.